The third-order valence-corrected chi connectivity index (χ3v) is 5.34. The lowest BCUT2D eigenvalue weighted by Gasteiger charge is -2.04. The van der Waals surface area contributed by atoms with Crippen LogP contribution < -0.4 is 0 Å². The van der Waals surface area contributed by atoms with E-state index in [0.29, 0.717) is 6.04 Å². The molecular formula is C25H51N. The molecule has 0 aromatic carbocycles. The average molecular weight is 366 g/mol. The van der Waals surface area contributed by atoms with Crippen molar-refractivity contribution in [3.63, 3.8) is 0 Å². The summed E-state index contributed by atoms with van der Waals surface area (Å²) in [4.78, 5) is 4.42. The summed E-state index contributed by atoms with van der Waals surface area (Å²) >= 11 is 0. The first-order valence-electron chi connectivity index (χ1n) is 12.3. The molecule has 0 amide bonds. The van der Waals surface area contributed by atoms with Gasteiger partial charge in [-0.3, -0.25) is 4.99 Å². The first-order chi connectivity index (χ1) is 12.8. The second-order valence-corrected chi connectivity index (χ2v) is 8.58. The highest BCUT2D eigenvalue weighted by molar-refractivity contribution is 5.57. The zero-order chi connectivity index (χ0) is 19.1. The maximum Gasteiger partial charge on any atom is 0.0439 e. The van der Waals surface area contributed by atoms with Crippen LogP contribution in [0.25, 0.3) is 0 Å². The Hall–Kier alpha value is -0.330. The molecule has 0 aromatic heterocycles. The van der Waals surface area contributed by atoms with Crippen molar-refractivity contribution in [2.24, 2.45) is 4.99 Å². The van der Waals surface area contributed by atoms with Crippen molar-refractivity contribution >= 4 is 6.21 Å². The van der Waals surface area contributed by atoms with Crippen LogP contribution in [0.1, 0.15) is 149 Å². The first kappa shape index (κ1) is 25.7. The van der Waals surface area contributed by atoms with Gasteiger partial charge in [0.1, 0.15) is 0 Å². The minimum atomic E-state index is 0.468. The second-order valence-electron chi connectivity index (χ2n) is 8.58. The van der Waals surface area contributed by atoms with E-state index in [1.54, 1.807) is 0 Å². The summed E-state index contributed by atoms with van der Waals surface area (Å²) in [6.07, 6.45) is 30.9. The lowest BCUT2D eigenvalue weighted by Crippen LogP contribution is -1.89. The predicted octanol–water partition coefficient (Wildman–Crippen LogP) is 9.29. The van der Waals surface area contributed by atoms with Gasteiger partial charge in [-0.2, -0.15) is 0 Å². The molecular weight excluding hydrogens is 314 g/mol. The fraction of sp³-hybridized carbons (Fsp3) is 0.960. The maximum atomic E-state index is 4.42. The summed E-state index contributed by atoms with van der Waals surface area (Å²) in [5.41, 5.74) is 0. The van der Waals surface area contributed by atoms with E-state index in [0.717, 1.165) is 0 Å². The van der Waals surface area contributed by atoms with Crippen molar-refractivity contribution in [2.45, 2.75) is 155 Å². The minimum absolute atomic E-state index is 0.468. The topological polar surface area (TPSA) is 12.4 Å². The van der Waals surface area contributed by atoms with Gasteiger partial charge in [-0.05, 0) is 32.9 Å². The SMILES string of the molecule is CCCCCCCCCCCCCCCCCCCCC/C=N/C(C)C. The number of hydrogen-bond acceptors (Lipinski definition) is 1. The summed E-state index contributed by atoms with van der Waals surface area (Å²) < 4.78 is 0. The Balaban J connectivity index is 3.01. The molecule has 156 valence electrons. The number of aliphatic imine (C=N–C) groups is 1. The van der Waals surface area contributed by atoms with Gasteiger partial charge in [0, 0.05) is 6.04 Å². The summed E-state index contributed by atoms with van der Waals surface area (Å²) in [5.74, 6) is 0. The van der Waals surface area contributed by atoms with E-state index >= 15 is 0 Å². The van der Waals surface area contributed by atoms with Gasteiger partial charge in [-0.25, -0.2) is 0 Å². The molecule has 0 saturated carbocycles. The van der Waals surface area contributed by atoms with Crippen LogP contribution in [-0.2, 0) is 0 Å². The van der Waals surface area contributed by atoms with Gasteiger partial charge in [-0.1, -0.05) is 122 Å². The zero-order valence-electron chi connectivity index (χ0n) is 18.7. The zero-order valence-corrected chi connectivity index (χ0v) is 18.7. The Morgan fingerprint density at radius 1 is 0.500 bits per heavy atom. The standard InChI is InChI=1S/C25H51N/c1-4-5-6-7-8-9-10-11-12-13-14-15-16-17-18-19-20-21-22-23-24-26-25(2)3/h24-25H,4-23H2,1-3H3/b26-24+. The molecule has 0 aliphatic rings. The molecule has 1 nitrogen and oxygen atoms in total. The van der Waals surface area contributed by atoms with E-state index in [1.807, 2.05) is 0 Å². The quantitative estimate of drug-likeness (QED) is 0.142. The lowest BCUT2D eigenvalue weighted by molar-refractivity contribution is 0.524. The third-order valence-electron chi connectivity index (χ3n) is 5.34. The van der Waals surface area contributed by atoms with Crippen LogP contribution in [0, 0.1) is 0 Å². The fourth-order valence-electron chi connectivity index (χ4n) is 3.60. The van der Waals surface area contributed by atoms with Crippen molar-refractivity contribution in [3.05, 3.63) is 0 Å². The van der Waals surface area contributed by atoms with Crippen LogP contribution in [0.2, 0.25) is 0 Å². The highest BCUT2D eigenvalue weighted by Gasteiger charge is 1.95. The van der Waals surface area contributed by atoms with Crippen molar-refractivity contribution < 1.29 is 0 Å². The van der Waals surface area contributed by atoms with Crippen LogP contribution in [0.3, 0.4) is 0 Å². The van der Waals surface area contributed by atoms with Crippen molar-refractivity contribution in [2.75, 3.05) is 0 Å². The van der Waals surface area contributed by atoms with Gasteiger partial charge < -0.3 is 0 Å². The monoisotopic (exact) mass is 365 g/mol. The molecule has 0 unspecified atom stereocenters. The summed E-state index contributed by atoms with van der Waals surface area (Å²) in [5, 5.41) is 0. The molecule has 0 spiro atoms. The molecule has 0 aliphatic carbocycles. The number of unbranched alkanes of at least 4 members (excludes halogenated alkanes) is 19. The Morgan fingerprint density at radius 3 is 1.12 bits per heavy atom. The van der Waals surface area contributed by atoms with E-state index in [4.69, 9.17) is 0 Å². The van der Waals surface area contributed by atoms with Crippen LogP contribution in [-0.4, -0.2) is 12.3 Å². The van der Waals surface area contributed by atoms with E-state index in [-0.39, 0.29) is 0 Å². The van der Waals surface area contributed by atoms with Gasteiger partial charge in [0.25, 0.3) is 0 Å². The summed E-state index contributed by atoms with van der Waals surface area (Å²) in [6, 6.07) is 0.468. The maximum absolute atomic E-state index is 4.42. The molecule has 0 atom stereocenters. The van der Waals surface area contributed by atoms with Crippen LogP contribution in [0.4, 0.5) is 0 Å². The van der Waals surface area contributed by atoms with Crippen LogP contribution in [0.5, 0.6) is 0 Å². The van der Waals surface area contributed by atoms with E-state index in [9.17, 15) is 0 Å². The Bertz CT molecular complexity index is 269. The van der Waals surface area contributed by atoms with Crippen molar-refractivity contribution in [1.82, 2.24) is 0 Å². The van der Waals surface area contributed by atoms with Gasteiger partial charge in [0.05, 0.1) is 0 Å². The molecule has 1 heteroatoms. The molecule has 0 bridgehead atoms. The number of nitrogens with zero attached hydrogens (tertiary/aromatic N) is 1. The molecule has 26 heavy (non-hydrogen) atoms. The van der Waals surface area contributed by atoms with Gasteiger partial charge in [-0.15, -0.1) is 0 Å². The molecule has 0 heterocycles. The normalized spacial score (nSPS) is 11.8. The Morgan fingerprint density at radius 2 is 0.808 bits per heavy atom. The van der Waals surface area contributed by atoms with Crippen LogP contribution >= 0.6 is 0 Å². The third kappa shape index (κ3) is 23.7. The molecule has 0 aromatic rings. The van der Waals surface area contributed by atoms with Gasteiger partial charge in [0.2, 0.25) is 0 Å². The van der Waals surface area contributed by atoms with E-state index < -0.39 is 0 Å². The largest absolute Gasteiger partial charge is 0.295 e. The smallest absolute Gasteiger partial charge is 0.0439 e. The summed E-state index contributed by atoms with van der Waals surface area (Å²) in [6.45, 7) is 6.59. The second kappa shape index (κ2) is 22.7. The summed E-state index contributed by atoms with van der Waals surface area (Å²) in [7, 11) is 0. The number of hydrogen-bond donors (Lipinski definition) is 0. The van der Waals surface area contributed by atoms with Gasteiger partial charge in [0.15, 0.2) is 0 Å². The Kier molecular flexibility index (Phi) is 22.4. The average Bonchev–Trinajstić information content (AvgIpc) is 2.62. The van der Waals surface area contributed by atoms with Crippen molar-refractivity contribution in [1.29, 1.82) is 0 Å². The van der Waals surface area contributed by atoms with E-state index in [1.165, 1.54) is 128 Å². The van der Waals surface area contributed by atoms with Crippen molar-refractivity contribution in [3.8, 4) is 0 Å². The lowest BCUT2D eigenvalue weighted by atomic mass is 10.0. The van der Waals surface area contributed by atoms with Gasteiger partial charge >= 0.3 is 0 Å². The molecule has 0 rings (SSSR count). The minimum Gasteiger partial charge on any atom is -0.295 e. The first-order valence-corrected chi connectivity index (χ1v) is 12.3. The Labute approximate surface area is 166 Å². The van der Waals surface area contributed by atoms with E-state index in [2.05, 4.69) is 32.0 Å². The predicted molar refractivity (Wildman–Crippen MR) is 122 cm³/mol. The molecule has 0 aliphatic heterocycles. The molecule has 0 saturated heterocycles. The fourth-order valence-corrected chi connectivity index (χ4v) is 3.60. The number of rotatable bonds is 21. The highest BCUT2D eigenvalue weighted by atomic mass is 14.7. The molecule has 0 N–H and O–H groups in total. The molecule has 0 fully saturated rings. The highest BCUT2D eigenvalue weighted by Crippen LogP contribution is 2.14. The van der Waals surface area contributed by atoms with Crippen LogP contribution in [0.15, 0.2) is 4.99 Å². The molecule has 0 radical (unpaired) electrons.